The van der Waals surface area contributed by atoms with Crippen LogP contribution in [0.3, 0.4) is 0 Å². The van der Waals surface area contributed by atoms with E-state index in [0.29, 0.717) is 53.2 Å². The van der Waals surface area contributed by atoms with Gasteiger partial charge in [0, 0.05) is 81.6 Å². The van der Waals surface area contributed by atoms with E-state index in [2.05, 4.69) is 30.5 Å². The van der Waals surface area contributed by atoms with Gasteiger partial charge in [0.2, 0.25) is 6.08 Å². The molecule has 4 heterocycles. The molecule has 63 heavy (non-hydrogen) atoms. The number of aliphatic imine (C=N–C) groups is 1. The molecule has 6 rings (SSSR count). The third kappa shape index (κ3) is 16.5. The Morgan fingerprint density at radius 2 is 1.14 bits per heavy atom. The summed E-state index contributed by atoms with van der Waals surface area (Å²) in [6.07, 6.45) is -6.53. The lowest BCUT2D eigenvalue weighted by atomic mass is 10.1. The van der Waals surface area contributed by atoms with Crippen LogP contribution in [0.4, 0.5) is 54.1 Å². The standard InChI is InChI=1S/C19H20ClF3N4O3.C11H16ClN3O2.C8H4F3NO.3CH4/c20-15-9-12(16(29)11-28)10-24-17(15)26-5-7-27(8-6-26)18(30)25-14-3-1-13(2-4-14)19(21,22)23;12-9-5-8(10(17)7-16)6-14-11(9)15-3-1-13-2-4-15;9-8(10,11)6-1-3-7(4-2-6)12-5-13;;;/h1-4,9-10,16,28-29H,5-8,11H2,(H,25,30);5-6,10,13,16-17H,1-4,7H2;1-4H;3*1H4/t16-;10-;;;;/m11..../s1. The van der Waals surface area contributed by atoms with E-state index in [-0.39, 0.29) is 40.3 Å². The van der Waals surface area contributed by atoms with Crippen molar-refractivity contribution in [3.05, 3.63) is 105 Å². The predicted octanol–water partition coefficient (Wildman–Crippen LogP) is 7.88. The van der Waals surface area contributed by atoms with Crippen molar-refractivity contribution >= 4 is 58.3 Å². The number of nitrogens with zero attached hydrogens (tertiary/aromatic N) is 6. The monoisotopic (exact) mass is 936 g/mol. The SMILES string of the molecule is C.C.C.O=C(Nc1ccc(C(F)(F)F)cc1)N1CCN(c2ncc([C@H](O)CO)cc2Cl)CC1.O=C=Nc1ccc(C(F)(F)F)cc1.OC[C@@H](O)c1cnc(N2CCNCC2)c(Cl)c1. The maximum atomic E-state index is 12.6. The lowest BCUT2D eigenvalue weighted by molar-refractivity contribution is -0.138. The highest BCUT2D eigenvalue weighted by Crippen LogP contribution is 2.32. The number of urea groups is 1. The molecule has 0 aliphatic carbocycles. The van der Waals surface area contributed by atoms with Crippen LogP contribution in [0.2, 0.25) is 10.0 Å². The van der Waals surface area contributed by atoms with Gasteiger partial charge in [-0.1, -0.05) is 45.5 Å². The predicted molar refractivity (Wildman–Crippen MR) is 231 cm³/mol. The largest absolute Gasteiger partial charge is 0.416 e. The van der Waals surface area contributed by atoms with Gasteiger partial charge in [-0.15, -0.1) is 0 Å². The minimum Gasteiger partial charge on any atom is -0.393 e. The molecule has 0 spiro atoms. The first-order valence-corrected chi connectivity index (χ1v) is 18.8. The molecule has 0 saturated carbocycles. The first-order valence-electron chi connectivity index (χ1n) is 18.0. The number of nitrogens with one attached hydrogen (secondary N) is 2. The van der Waals surface area contributed by atoms with Crippen LogP contribution >= 0.6 is 23.2 Å². The number of hydrogen-bond acceptors (Lipinski definition) is 12. The van der Waals surface area contributed by atoms with Gasteiger partial charge in [-0.2, -0.15) is 31.3 Å². The average Bonchev–Trinajstić information content (AvgIpc) is 3.23. The van der Waals surface area contributed by atoms with E-state index >= 15 is 0 Å². The number of amides is 2. The van der Waals surface area contributed by atoms with Crippen molar-refractivity contribution in [2.75, 3.05) is 80.7 Å². The fourth-order valence-corrected chi connectivity index (χ4v) is 6.24. The number of halogens is 8. The number of aliphatic hydroxyl groups excluding tert-OH is 4. The maximum absolute atomic E-state index is 12.6. The fraction of sp³-hybridized carbons (Fsp3) is 0.415. The summed E-state index contributed by atoms with van der Waals surface area (Å²) in [5, 5.41) is 43.7. The number of carbonyl (C=O) groups excluding carboxylic acids is 2. The van der Waals surface area contributed by atoms with E-state index in [4.69, 9.17) is 33.4 Å². The molecule has 2 aromatic carbocycles. The van der Waals surface area contributed by atoms with Gasteiger partial charge in [0.05, 0.1) is 40.1 Å². The highest BCUT2D eigenvalue weighted by Gasteiger charge is 2.31. The topological polar surface area (TPSA) is 187 Å². The Kier molecular flexibility index (Phi) is 23.0. The van der Waals surface area contributed by atoms with Gasteiger partial charge in [-0.3, -0.25) is 0 Å². The molecular formula is C41H52Cl2F6N8O6. The third-order valence-electron chi connectivity index (χ3n) is 8.92. The summed E-state index contributed by atoms with van der Waals surface area (Å²) in [4.78, 5) is 39.3. The molecule has 2 fully saturated rings. The molecule has 4 aromatic rings. The van der Waals surface area contributed by atoms with Gasteiger partial charge < -0.3 is 45.8 Å². The van der Waals surface area contributed by atoms with Crippen molar-refractivity contribution in [3.8, 4) is 0 Å². The first-order chi connectivity index (χ1) is 28.4. The second-order valence-electron chi connectivity index (χ2n) is 13.0. The molecule has 2 atom stereocenters. The van der Waals surface area contributed by atoms with Crippen molar-refractivity contribution in [2.45, 2.75) is 46.8 Å². The molecule has 2 amide bonds. The first kappa shape index (κ1) is 56.0. The summed E-state index contributed by atoms with van der Waals surface area (Å²) in [5.41, 5.74) is -0.174. The minimum atomic E-state index is -4.43. The van der Waals surface area contributed by atoms with Gasteiger partial charge in [0.25, 0.3) is 0 Å². The molecule has 2 saturated heterocycles. The highest BCUT2D eigenvalue weighted by molar-refractivity contribution is 6.33. The van der Waals surface area contributed by atoms with E-state index in [1.54, 1.807) is 17.2 Å². The third-order valence-corrected chi connectivity index (χ3v) is 9.47. The van der Waals surface area contributed by atoms with Crippen LogP contribution in [0.1, 0.15) is 56.7 Å². The summed E-state index contributed by atoms with van der Waals surface area (Å²) >= 11 is 12.4. The van der Waals surface area contributed by atoms with E-state index in [1.807, 2.05) is 4.90 Å². The Hall–Kier alpha value is -5.05. The molecule has 2 aromatic heterocycles. The molecule has 0 bridgehead atoms. The molecule has 2 aliphatic rings. The van der Waals surface area contributed by atoms with Gasteiger partial charge in [0.1, 0.15) is 23.8 Å². The summed E-state index contributed by atoms with van der Waals surface area (Å²) in [7, 11) is 0. The molecule has 0 radical (unpaired) electrons. The molecular weight excluding hydrogens is 885 g/mol. The average molecular weight is 938 g/mol. The summed E-state index contributed by atoms with van der Waals surface area (Å²) in [6.45, 7) is 4.44. The Morgan fingerprint density at radius 1 is 0.730 bits per heavy atom. The number of hydrogen-bond donors (Lipinski definition) is 6. The highest BCUT2D eigenvalue weighted by atomic mass is 35.5. The number of aromatic nitrogens is 2. The number of carbonyl (C=O) groups is 1. The molecule has 6 N–H and O–H groups in total. The van der Waals surface area contributed by atoms with Gasteiger partial charge >= 0.3 is 18.4 Å². The quantitative estimate of drug-likeness (QED) is 0.0574. The minimum absolute atomic E-state index is 0. The summed E-state index contributed by atoms with van der Waals surface area (Å²) < 4.78 is 73.9. The number of piperazine rings is 2. The number of pyridine rings is 2. The van der Waals surface area contributed by atoms with Gasteiger partial charge in [-0.05, 0) is 60.7 Å². The molecule has 22 heteroatoms. The van der Waals surface area contributed by atoms with Gasteiger partial charge in [-0.25, -0.2) is 19.6 Å². The van der Waals surface area contributed by atoms with Crippen molar-refractivity contribution in [2.24, 2.45) is 4.99 Å². The van der Waals surface area contributed by atoms with Crippen LogP contribution in [-0.2, 0) is 17.1 Å². The maximum Gasteiger partial charge on any atom is 0.416 e. The number of anilines is 3. The van der Waals surface area contributed by atoms with E-state index in [9.17, 15) is 46.1 Å². The van der Waals surface area contributed by atoms with E-state index in [1.165, 1.54) is 30.5 Å². The Morgan fingerprint density at radius 3 is 1.52 bits per heavy atom. The van der Waals surface area contributed by atoms with E-state index < -0.39 is 48.3 Å². The van der Waals surface area contributed by atoms with Crippen molar-refractivity contribution < 1.29 is 56.4 Å². The summed E-state index contributed by atoms with van der Waals surface area (Å²) in [6, 6.07) is 11.0. The van der Waals surface area contributed by atoms with Crippen LogP contribution in [0, 0.1) is 0 Å². The zero-order valence-electron chi connectivity index (χ0n) is 31.5. The lowest BCUT2D eigenvalue weighted by Gasteiger charge is -2.35. The van der Waals surface area contributed by atoms with Crippen LogP contribution in [-0.4, -0.2) is 113 Å². The van der Waals surface area contributed by atoms with Crippen molar-refractivity contribution in [1.82, 2.24) is 20.2 Å². The smallest absolute Gasteiger partial charge is 0.393 e. The van der Waals surface area contributed by atoms with Crippen molar-refractivity contribution in [3.63, 3.8) is 0 Å². The number of aliphatic hydroxyl groups is 4. The normalized spacial score (nSPS) is 14.6. The Balaban J connectivity index is 0.000000511. The molecule has 14 nitrogen and oxygen atoms in total. The molecule has 2 aliphatic heterocycles. The van der Waals surface area contributed by atoms with Crippen LogP contribution < -0.4 is 20.4 Å². The second-order valence-corrected chi connectivity index (χ2v) is 13.8. The zero-order valence-corrected chi connectivity index (χ0v) is 33.0. The number of rotatable bonds is 8. The van der Waals surface area contributed by atoms with Crippen molar-refractivity contribution in [1.29, 1.82) is 0 Å². The number of alkyl halides is 6. The van der Waals surface area contributed by atoms with Crippen LogP contribution in [0.5, 0.6) is 0 Å². The van der Waals surface area contributed by atoms with Gasteiger partial charge in [0.15, 0.2) is 0 Å². The second kappa shape index (κ2) is 25.9. The van der Waals surface area contributed by atoms with Crippen LogP contribution in [0.25, 0.3) is 0 Å². The zero-order chi connectivity index (χ0) is 44.0. The van der Waals surface area contributed by atoms with Crippen LogP contribution in [0.15, 0.2) is 78.0 Å². The van der Waals surface area contributed by atoms with E-state index in [0.717, 1.165) is 68.4 Å². The summed E-state index contributed by atoms with van der Waals surface area (Å²) in [5.74, 6) is 1.25. The Labute approximate surface area is 371 Å². The number of isocyanates is 1. The number of benzene rings is 2. The fourth-order valence-electron chi connectivity index (χ4n) is 5.65. The molecule has 348 valence electrons. The molecule has 0 unspecified atom stereocenters. The Bertz CT molecular complexity index is 2050. The lowest BCUT2D eigenvalue weighted by Crippen LogP contribution is -2.50.